The van der Waals surface area contributed by atoms with Crippen molar-refractivity contribution in [3.8, 4) is 0 Å². The Balaban J connectivity index is 2.67. The second-order valence-electron chi connectivity index (χ2n) is 4.97. The van der Waals surface area contributed by atoms with Gasteiger partial charge in [-0.05, 0) is 26.8 Å². The molecule has 0 fully saturated rings. The fourth-order valence-corrected chi connectivity index (χ4v) is 1.80. The van der Waals surface area contributed by atoms with Crippen molar-refractivity contribution in [2.75, 3.05) is 13.7 Å². The van der Waals surface area contributed by atoms with Gasteiger partial charge in [0.25, 0.3) is 0 Å². The SMILES string of the molecule is CCCC(Cc1nc(C(C)(C)OC)no1)NCC. The maximum Gasteiger partial charge on any atom is 0.228 e. The van der Waals surface area contributed by atoms with Crippen molar-refractivity contribution in [3.05, 3.63) is 11.7 Å². The van der Waals surface area contributed by atoms with Gasteiger partial charge in [-0.15, -0.1) is 0 Å². The highest BCUT2D eigenvalue weighted by atomic mass is 16.5. The first-order valence-electron chi connectivity index (χ1n) is 6.65. The van der Waals surface area contributed by atoms with Gasteiger partial charge < -0.3 is 14.6 Å². The summed E-state index contributed by atoms with van der Waals surface area (Å²) in [6.07, 6.45) is 3.02. The van der Waals surface area contributed by atoms with E-state index in [4.69, 9.17) is 9.26 Å². The smallest absolute Gasteiger partial charge is 0.228 e. The van der Waals surface area contributed by atoms with Crippen LogP contribution in [0.4, 0.5) is 0 Å². The first-order chi connectivity index (χ1) is 8.53. The highest BCUT2D eigenvalue weighted by Gasteiger charge is 2.26. The van der Waals surface area contributed by atoms with Crippen LogP contribution in [-0.2, 0) is 16.8 Å². The molecule has 18 heavy (non-hydrogen) atoms. The van der Waals surface area contributed by atoms with Crippen molar-refractivity contribution < 1.29 is 9.26 Å². The Hall–Kier alpha value is -0.940. The summed E-state index contributed by atoms with van der Waals surface area (Å²) in [7, 11) is 1.65. The maximum atomic E-state index is 5.34. The Kier molecular flexibility index (Phi) is 5.75. The van der Waals surface area contributed by atoms with Gasteiger partial charge >= 0.3 is 0 Å². The van der Waals surface area contributed by atoms with E-state index in [9.17, 15) is 0 Å². The van der Waals surface area contributed by atoms with Gasteiger partial charge in [0.15, 0.2) is 0 Å². The molecule has 0 aliphatic carbocycles. The second kappa shape index (κ2) is 6.85. The molecular weight excluding hydrogens is 230 g/mol. The van der Waals surface area contributed by atoms with Gasteiger partial charge in [0.2, 0.25) is 11.7 Å². The van der Waals surface area contributed by atoms with Crippen LogP contribution in [0.15, 0.2) is 4.52 Å². The van der Waals surface area contributed by atoms with Crippen LogP contribution in [0.2, 0.25) is 0 Å². The molecule has 0 amide bonds. The molecule has 1 N–H and O–H groups in total. The van der Waals surface area contributed by atoms with Crippen molar-refractivity contribution in [1.82, 2.24) is 15.5 Å². The summed E-state index contributed by atoms with van der Waals surface area (Å²) >= 11 is 0. The zero-order valence-electron chi connectivity index (χ0n) is 12.1. The molecule has 0 saturated carbocycles. The largest absolute Gasteiger partial charge is 0.371 e. The van der Waals surface area contributed by atoms with Crippen LogP contribution in [0.25, 0.3) is 0 Å². The van der Waals surface area contributed by atoms with Crippen LogP contribution >= 0.6 is 0 Å². The van der Waals surface area contributed by atoms with Crippen LogP contribution in [0, 0.1) is 0 Å². The third-order valence-electron chi connectivity index (χ3n) is 3.07. The molecule has 0 spiro atoms. The summed E-state index contributed by atoms with van der Waals surface area (Å²) in [5.41, 5.74) is -0.500. The number of ether oxygens (including phenoxy) is 1. The number of hydrogen-bond donors (Lipinski definition) is 1. The van der Waals surface area contributed by atoms with E-state index in [1.807, 2.05) is 13.8 Å². The monoisotopic (exact) mass is 255 g/mol. The number of nitrogens with one attached hydrogen (secondary N) is 1. The van der Waals surface area contributed by atoms with Crippen molar-refractivity contribution in [3.63, 3.8) is 0 Å². The van der Waals surface area contributed by atoms with E-state index in [-0.39, 0.29) is 0 Å². The Morgan fingerprint density at radius 1 is 1.39 bits per heavy atom. The van der Waals surface area contributed by atoms with E-state index >= 15 is 0 Å². The molecule has 104 valence electrons. The van der Waals surface area contributed by atoms with Gasteiger partial charge in [-0.3, -0.25) is 0 Å². The van der Waals surface area contributed by atoms with Crippen molar-refractivity contribution >= 4 is 0 Å². The molecule has 0 aromatic carbocycles. The highest BCUT2D eigenvalue weighted by Crippen LogP contribution is 2.20. The van der Waals surface area contributed by atoms with E-state index in [1.54, 1.807) is 7.11 Å². The van der Waals surface area contributed by atoms with Gasteiger partial charge in [-0.1, -0.05) is 25.4 Å². The van der Waals surface area contributed by atoms with Crippen molar-refractivity contribution in [1.29, 1.82) is 0 Å². The van der Waals surface area contributed by atoms with E-state index < -0.39 is 5.60 Å². The number of methoxy groups -OCH3 is 1. The molecule has 5 nitrogen and oxygen atoms in total. The molecule has 1 rings (SSSR count). The Labute approximate surface area is 109 Å². The van der Waals surface area contributed by atoms with Crippen LogP contribution in [0.5, 0.6) is 0 Å². The quantitative estimate of drug-likeness (QED) is 0.772. The minimum atomic E-state index is -0.500. The molecule has 0 radical (unpaired) electrons. The number of rotatable bonds is 8. The molecule has 1 unspecified atom stereocenters. The molecule has 0 bridgehead atoms. The lowest BCUT2D eigenvalue weighted by Crippen LogP contribution is -2.31. The number of nitrogens with zero attached hydrogens (tertiary/aromatic N) is 2. The molecule has 1 atom stereocenters. The first kappa shape index (κ1) is 15.1. The summed E-state index contributed by atoms with van der Waals surface area (Å²) in [5.74, 6) is 1.28. The zero-order chi connectivity index (χ0) is 13.6. The molecule has 5 heteroatoms. The predicted octanol–water partition coefficient (Wildman–Crippen LogP) is 2.27. The van der Waals surface area contributed by atoms with Gasteiger partial charge in [0.1, 0.15) is 5.60 Å². The molecular formula is C13H25N3O2. The predicted molar refractivity (Wildman–Crippen MR) is 70.4 cm³/mol. The normalized spacial score (nSPS) is 13.8. The highest BCUT2D eigenvalue weighted by molar-refractivity contribution is 4.98. The summed E-state index contributed by atoms with van der Waals surface area (Å²) in [5, 5.41) is 7.43. The maximum absolute atomic E-state index is 5.34. The zero-order valence-corrected chi connectivity index (χ0v) is 12.1. The van der Waals surface area contributed by atoms with Crippen molar-refractivity contribution in [2.24, 2.45) is 0 Å². The summed E-state index contributed by atoms with van der Waals surface area (Å²) < 4.78 is 10.6. The number of likely N-dealkylation sites (N-methyl/N-ethyl adjacent to an activating group) is 1. The lowest BCUT2D eigenvalue weighted by atomic mass is 10.1. The molecule has 0 aliphatic rings. The molecule has 1 aromatic rings. The summed E-state index contributed by atoms with van der Waals surface area (Å²) in [6, 6.07) is 0.402. The first-order valence-corrected chi connectivity index (χ1v) is 6.65. The second-order valence-corrected chi connectivity index (χ2v) is 4.97. The topological polar surface area (TPSA) is 60.2 Å². The number of aromatic nitrogens is 2. The van der Waals surface area contributed by atoms with E-state index in [2.05, 4.69) is 29.3 Å². The third kappa shape index (κ3) is 4.07. The van der Waals surface area contributed by atoms with Crippen molar-refractivity contribution in [2.45, 2.75) is 58.6 Å². The summed E-state index contributed by atoms with van der Waals surface area (Å²) in [4.78, 5) is 4.41. The van der Waals surface area contributed by atoms with Crippen LogP contribution in [0.3, 0.4) is 0 Å². The molecule has 1 aromatic heterocycles. The van der Waals surface area contributed by atoms with Crippen LogP contribution < -0.4 is 5.32 Å². The van der Waals surface area contributed by atoms with Crippen LogP contribution in [0.1, 0.15) is 52.3 Å². The minimum Gasteiger partial charge on any atom is -0.371 e. The standard InChI is InChI=1S/C13H25N3O2/c1-6-8-10(14-7-2)9-11-15-12(16-18-11)13(3,4)17-5/h10,14H,6-9H2,1-5H3. The molecule has 0 aliphatic heterocycles. The fraction of sp³-hybridized carbons (Fsp3) is 0.846. The average molecular weight is 255 g/mol. The van der Waals surface area contributed by atoms with Gasteiger partial charge in [-0.25, -0.2) is 0 Å². The molecule has 1 heterocycles. The summed E-state index contributed by atoms with van der Waals surface area (Å²) in [6.45, 7) is 9.09. The average Bonchev–Trinajstić information content (AvgIpc) is 2.79. The fourth-order valence-electron chi connectivity index (χ4n) is 1.80. The Morgan fingerprint density at radius 2 is 2.11 bits per heavy atom. The lowest BCUT2D eigenvalue weighted by molar-refractivity contribution is 0.00973. The van der Waals surface area contributed by atoms with E-state index in [1.165, 1.54) is 0 Å². The van der Waals surface area contributed by atoms with Crippen LogP contribution in [-0.4, -0.2) is 29.8 Å². The van der Waals surface area contributed by atoms with E-state index in [0.717, 1.165) is 25.8 Å². The van der Waals surface area contributed by atoms with E-state index in [0.29, 0.717) is 17.8 Å². The Bertz CT molecular complexity index is 344. The van der Waals surface area contributed by atoms with Gasteiger partial charge in [0.05, 0.1) is 0 Å². The Morgan fingerprint density at radius 3 is 2.67 bits per heavy atom. The van der Waals surface area contributed by atoms with Gasteiger partial charge in [-0.2, -0.15) is 4.98 Å². The third-order valence-corrected chi connectivity index (χ3v) is 3.07. The minimum absolute atomic E-state index is 0.402. The molecule has 0 saturated heterocycles. The lowest BCUT2D eigenvalue weighted by Gasteiger charge is -2.17. The van der Waals surface area contributed by atoms with Gasteiger partial charge in [0, 0.05) is 19.6 Å². The number of hydrogen-bond acceptors (Lipinski definition) is 5.